The molecule has 0 aromatic heterocycles. The van der Waals surface area contributed by atoms with E-state index in [2.05, 4.69) is 5.92 Å². The number of aliphatic hydroxyl groups is 1. The molecule has 74 valence electrons. The molecule has 0 saturated carbocycles. The monoisotopic (exact) mass is 182 g/mol. The molecular weight excluding hydrogens is 164 g/mol. The van der Waals surface area contributed by atoms with Crippen molar-refractivity contribution in [1.29, 1.82) is 0 Å². The summed E-state index contributed by atoms with van der Waals surface area (Å²) < 4.78 is 5.55. The maximum Gasteiger partial charge on any atom is 0.0706 e. The minimum Gasteiger partial charge on any atom is -0.390 e. The number of ether oxygens (including phenoxy) is 1. The molecule has 0 radical (unpaired) electrons. The summed E-state index contributed by atoms with van der Waals surface area (Å²) in [7, 11) is 0. The van der Waals surface area contributed by atoms with Crippen LogP contribution >= 0.6 is 0 Å². The second-order valence-electron chi connectivity index (χ2n) is 4.09. The lowest BCUT2D eigenvalue weighted by Crippen LogP contribution is -2.43. The van der Waals surface area contributed by atoms with Crippen molar-refractivity contribution in [3.05, 3.63) is 0 Å². The van der Waals surface area contributed by atoms with E-state index in [1.54, 1.807) is 0 Å². The molecule has 0 amide bonds. The molecule has 0 spiro atoms. The van der Waals surface area contributed by atoms with Gasteiger partial charge in [0.2, 0.25) is 0 Å². The minimum atomic E-state index is -0.594. The molecule has 2 nitrogen and oxygen atoms in total. The van der Waals surface area contributed by atoms with Crippen molar-refractivity contribution in [3.8, 4) is 12.3 Å². The predicted molar refractivity (Wildman–Crippen MR) is 52.3 cm³/mol. The first-order valence-electron chi connectivity index (χ1n) is 4.87. The second kappa shape index (κ2) is 4.13. The smallest absolute Gasteiger partial charge is 0.0706 e. The van der Waals surface area contributed by atoms with Gasteiger partial charge in [0.1, 0.15) is 0 Å². The predicted octanol–water partition coefficient (Wildman–Crippen LogP) is 1.72. The van der Waals surface area contributed by atoms with E-state index in [1.807, 2.05) is 13.8 Å². The van der Waals surface area contributed by atoms with Crippen LogP contribution in [0.4, 0.5) is 0 Å². The molecule has 0 aromatic rings. The van der Waals surface area contributed by atoms with Crippen molar-refractivity contribution in [2.45, 2.75) is 57.3 Å². The third-order valence-corrected chi connectivity index (χ3v) is 2.53. The van der Waals surface area contributed by atoms with Crippen LogP contribution in [-0.4, -0.2) is 22.9 Å². The van der Waals surface area contributed by atoms with Crippen LogP contribution in [0.5, 0.6) is 0 Å². The quantitative estimate of drug-likeness (QED) is 0.659. The largest absolute Gasteiger partial charge is 0.390 e. The summed E-state index contributed by atoms with van der Waals surface area (Å²) in [6.45, 7) is 3.99. The summed E-state index contributed by atoms with van der Waals surface area (Å²) >= 11 is 0. The normalized spacial score (nSPS) is 39.8. The topological polar surface area (TPSA) is 29.5 Å². The Labute approximate surface area is 80.3 Å². The second-order valence-corrected chi connectivity index (χ2v) is 4.09. The molecule has 2 heteroatoms. The standard InChI is InChI=1S/C11H18O2/c1-4-5-6-11(12)7-9(2)13-10(3)8-11/h1,9-10,12H,5-8H2,2-3H3. The molecular formula is C11H18O2. The van der Waals surface area contributed by atoms with Gasteiger partial charge in [0.05, 0.1) is 17.8 Å². The molecule has 1 N–H and O–H groups in total. The number of rotatable bonds is 2. The Bertz CT molecular complexity index is 195. The van der Waals surface area contributed by atoms with Crippen LogP contribution in [0.25, 0.3) is 0 Å². The van der Waals surface area contributed by atoms with Crippen LogP contribution in [0.3, 0.4) is 0 Å². The maximum absolute atomic E-state index is 10.2. The van der Waals surface area contributed by atoms with Gasteiger partial charge in [0, 0.05) is 19.3 Å². The number of terminal acetylenes is 1. The van der Waals surface area contributed by atoms with E-state index in [4.69, 9.17) is 11.2 Å². The van der Waals surface area contributed by atoms with Gasteiger partial charge in [-0.05, 0) is 20.3 Å². The molecule has 2 atom stereocenters. The third kappa shape index (κ3) is 3.02. The molecule has 1 aliphatic rings. The van der Waals surface area contributed by atoms with E-state index in [0.29, 0.717) is 25.7 Å². The fourth-order valence-electron chi connectivity index (χ4n) is 2.16. The summed E-state index contributed by atoms with van der Waals surface area (Å²) in [6.07, 6.45) is 8.23. The fraction of sp³-hybridized carbons (Fsp3) is 0.818. The van der Waals surface area contributed by atoms with Crippen LogP contribution in [0, 0.1) is 12.3 Å². The SMILES string of the molecule is C#CCCC1(O)CC(C)OC(C)C1. The first-order valence-corrected chi connectivity index (χ1v) is 4.87. The molecule has 1 heterocycles. The van der Waals surface area contributed by atoms with Crippen molar-refractivity contribution < 1.29 is 9.84 Å². The van der Waals surface area contributed by atoms with Crippen LogP contribution in [0.15, 0.2) is 0 Å². The maximum atomic E-state index is 10.2. The lowest BCUT2D eigenvalue weighted by molar-refractivity contribution is -0.133. The van der Waals surface area contributed by atoms with Crippen LogP contribution in [0.2, 0.25) is 0 Å². The van der Waals surface area contributed by atoms with Gasteiger partial charge in [-0.15, -0.1) is 12.3 Å². The van der Waals surface area contributed by atoms with Crippen molar-refractivity contribution >= 4 is 0 Å². The van der Waals surface area contributed by atoms with Crippen LogP contribution in [0.1, 0.15) is 39.5 Å². The van der Waals surface area contributed by atoms with Crippen molar-refractivity contribution in [2.75, 3.05) is 0 Å². The van der Waals surface area contributed by atoms with E-state index < -0.39 is 5.60 Å². The van der Waals surface area contributed by atoms with Crippen LogP contribution in [-0.2, 0) is 4.74 Å². The fourth-order valence-corrected chi connectivity index (χ4v) is 2.16. The average molecular weight is 182 g/mol. The van der Waals surface area contributed by atoms with Gasteiger partial charge < -0.3 is 9.84 Å². The van der Waals surface area contributed by atoms with Crippen molar-refractivity contribution in [3.63, 3.8) is 0 Å². The van der Waals surface area contributed by atoms with Gasteiger partial charge in [0.15, 0.2) is 0 Å². The summed E-state index contributed by atoms with van der Waals surface area (Å²) in [5, 5.41) is 10.2. The first kappa shape index (κ1) is 10.6. The highest BCUT2D eigenvalue weighted by molar-refractivity contribution is 4.93. The summed E-state index contributed by atoms with van der Waals surface area (Å²) in [4.78, 5) is 0. The molecule has 1 aliphatic heterocycles. The van der Waals surface area contributed by atoms with E-state index in [1.165, 1.54) is 0 Å². The van der Waals surface area contributed by atoms with Gasteiger partial charge in [-0.3, -0.25) is 0 Å². The Hall–Kier alpha value is -0.520. The molecule has 2 unspecified atom stereocenters. The van der Waals surface area contributed by atoms with Gasteiger partial charge in [-0.1, -0.05) is 0 Å². The molecule has 1 rings (SSSR count). The summed E-state index contributed by atoms with van der Waals surface area (Å²) in [5.41, 5.74) is -0.594. The van der Waals surface area contributed by atoms with Gasteiger partial charge >= 0.3 is 0 Å². The Balaban J connectivity index is 2.51. The molecule has 0 bridgehead atoms. The zero-order chi connectivity index (χ0) is 9.90. The molecule has 13 heavy (non-hydrogen) atoms. The lowest BCUT2D eigenvalue weighted by atomic mass is 9.84. The van der Waals surface area contributed by atoms with E-state index in [0.717, 1.165) is 0 Å². The molecule has 1 fully saturated rings. The lowest BCUT2D eigenvalue weighted by Gasteiger charge is -2.38. The summed E-state index contributed by atoms with van der Waals surface area (Å²) in [6, 6.07) is 0. The number of hydrogen-bond donors (Lipinski definition) is 1. The molecule has 0 aliphatic carbocycles. The third-order valence-electron chi connectivity index (χ3n) is 2.53. The zero-order valence-electron chi connectivity index (χ0n) is 8.42. The van der Waals surface area contributed by atoms with E-state index in [9.17, 15) is 5.11 Å². The molecule has 1 saturated heterocycles. The highest BCUT2D eigenvalue weighted by Crippen LogP contribution is 2.32. The Morgan fingerprint density at radius 3 is 2.46 bits per heavy atom. The van der Waals surface area contributed by atoms with Crippen molar-refractivity contribution in [1.82, 2.24) is 0 Å². The highest BCUT2D eigenvalue weighted by atomic mass is 16.5. The zero-order valence-corrected chi connectivity index (χ0v) is 8.42. The minimum absolute atomic E-state index is 0.145. The summed E-state index contributed by atoms with van der Waals surface area (Å²) in [5.74, 6) is 2.57. The van der Waals surface area contributed by atoms with Gasteiger partial charge in [0.25, 0.3) is 0 Å². The number of hydrogen-bond acceptors (Lipinski definition) is 2. The first-order chi connectivity index (χ1) is 6.06. The van der Waals surface area contributed by atoms with Crippen molar-refractivity contribution in [2.24, 2.45) is 0 Å². The average Bonchev–Trinajstić information content (AvgIpc) is 1.98. The van der Waals surface area contributed by atoms with Gasteiger partial charge in [-0.2, -0.15) is 0 Å². The van der Waals surface area contributed by atoms with E-state index >= 15 is 0 Å². The Kier molecular flexibility index (Phi) is 3.35. The molecule has 0 aromatic carbocycles. The Morgan fingerprint density at radius 2 is 2.00 bits per heavy atom. The van der Waals surface area contributed by atoms with Gasteiger partial charge in [-0.25, -0.2) is 0 Å². The highest BCUT2D eigenvalue weighted by Gasteiger charge is 2.35. The van der Waals surface area contributed by atoms with E-state index in [-0.39, 0.29) is 12.2 Å². The Morgan fingerprint density at radius 1 is 1.46 bits per heavy atom. The van der Waals surface area contributed by atoms with Crippen LogP contribution < -0.4 is 0 Å².